The maximum atomic E-state index is 3.42. The molecule has 0 heterocycles. The van der Waals surface area contributed by atoms with Gasteiger partial charge in [0.05, 0.1) is 0 Å². The molecule has 0 radical (unpaired) electrons. The van der Waals surface area contributed by atoms with E-state index in [1.165, 1.54) is 12.0 Å². The lowest BCUT2D eigenvalue weighted by Gasteiger charge is -1.97. The number of benzene rings is 1. The molecule has 0 aliphatic heterocycles. The van der Waals surface area contributed by atoms with Gasteiger partial charge in [-0.2, -0.15) is 0 Å². The first kappa shape index (κ1) is 13.2. The van der Waals surface area contributed by atoms with Crippen molar-refractivity contribution in [3.05, 3.63) is 32.7 Å². The Morgan fingerprint density at radius 2 is 1.31 bits per heavy atom. The Morgan fingerprint density at radius 3 is 1.62 bits per heavy atom. The number of hydrogen-bond donors (Lipinski definition) is 0. The molecular weight excluding hydrogens is 292 g/mol. The van der Waals surface area contributed by atoms with Crippen molar-refractivity contribution in [3.63, 3.8) is 0 Å². The van der Waals surface area contributed by atoms with Crippen LogP contribution in [-0.2, 0) is 6.42 Å². The molecule has 0 spiro atoms. The highest BCUT2D eigenvalue weighted by Crippen LogP contribution is 2.19. The van der Waals surface area contributed by atoms with Gasteiger partial charge in [-0.1, -0.05) is 59.1 Å². The van der Waals surface area contributed by atoms with Crippen LogP contribution in [0.25, 0.3) is 0 Å². The van der Waals surface area contributed by atoms with E-state index in [0.29, 0.717) is 0 Å². The monoisotopic (exact) mass is 306 g/mol. The molecule has 0 amide bonds. The summed E-state index contributed by atoms with van der Waals surface area (Å²) in [5.74, 6) is 0. The van der Waals surface area contributed by atoms with Crippen LogP contribution in [0.3, 0.4) is 0 Å². The zero-order valence-corrected chi connectivity index (χ0v) is 11.6. The second-order valence-corrected chi connectivity index (χ2v) is 4.67. The van der Waals surface area contributed by atoms with Gasteiger partial charge in [-0.15, -0.1) is 0 Å². The smallest absolute Gasteiger partial charge is 0.0189 e. The number of aryl methyl sites for hydroxylation is 1. The van der Waals surface area contributed by atoms with Crippen LogP contribution in [0, 0.1) is 0 Å². The quantitative estimate of drug-likeness (QED) is 0.670. The van der Waals surface area contributed by atoms with E-state index >= 15 is 0 Å². The predicted molar refractivity (Wildman–Crippen MR) is 67.2 cm³/mol. The van der Waals surface area contributed by atoms with E-state index in [0.717, 1.165) is 15.4 Å². The predicted octanol–water partition coefficient (Wildman–Crippen LogP) is 5.19. The first-order valence-corrected chi connectivity index (χ1v) is 6.17. The van der Waals surface area contributed by atoms with Gasteiger partial charge in [0, 0.05) is 8.95 Å². The van der Waals surface area contributed by atoms with Gasteiger partial charge in [0.25, 0.3) is 0 Å². The van der Waals surface area contributed by atoms with Crippen LogP contribution in [0.4, 0.5) is 0 Å². The second-order valence-electron chi connectivity index (χ2n) is 2.84. The molecule has 0 aliphatic rings. The minimum absolute atomic E-state index is 1.08. The van der Waals surface area contributed by atoms with Crippen molar-refractivity contribution in [3.8, 4) is 0 Å². The minimum Gasteiger partial charge on any atom is -0.0656 e. The Kier molecular flexibility index (Phi) is 7.68. The summed E-state index contributed by atoms with van der Waals surface area (Å²) in [5, 5.41) is 0. The average molecular weight is 308 g/mol. The summed E-state index contributed by atoms with van der Waals surface area (Å²) in [6.07, 6.45) is 2.33. The number of rotatable bonds is 1. The minimum atomic E-state index is 1.08. The zero-order valence-electron chi connectivity index (χ0n) is 8.40. The van der Waals surface area contributed by atoms with Crippen LogP contribution in [0.15, 0.2) is 27.1 Å². The van der Waals surface area contributed by atoms with Crippen LogP contribution in [0.5, 0.6) is 0 Å². The maximum absolute atomic E-state index is 3.42. The fourth-order valence-corrected chi connectivity index (χ4v) is 2.20. The van der Waals surface area contributed by atoms with Crippen molar-refractivity contribution >= 4 is 31.9 Å². The first-order chi connectivity index (χ1) is 6.13. The zero-order chi connectivity index (χ0) is 10.3. The lowest BCUT2D eigenvalue weighted by Crippen LogP contribution is -1.78. The average Bonchev–Trinajstić information content (AvgIpc) is 2.04. The van der Waals surface area contributed by atoms with E-state index in [1.807, 2.05) is 6.07 Å². The summed E-state index contributed by atoms with van der Waals surface area (Å²) < 4.78 is 2.28. The highest BCUT2D eigenvalue weighted by atomic mass is 79.9. The van der Waals surface area contributed by atoms with Crippen molar-refractivity contribution < 1.29 is 0 Å². The van der Waals surface area contributed by atoms with Crippen molar-refractivity contribution in [2.45, 2.75) is 33.6 Å². The number of halogens is 2. The van der Waals surface area contributed by atoms with E-state index in [1.54, 1.807) is 0 Å². The van der Waals surface area contributed by atoms with Gasteiger partial charge in [0.15, 0.2) is 0 Å². The molecule has 1 rings (SSSR count). The van der Waals surface area contributed by atoms with Gasteiger partial charge in [-0.3, -0.25) is 0 Å². The SMILES string of the molecule is CCC.CCc1cc(Br)cc(Br)c1. The molecule has 0 bridgehead atoms. The van der Waals surface area contributed by atoms with Crippen molar-refractivity contribution in [1.82, 2.24) is 0 Å². The Hall–Kier alpha value is 0.180. The Labute approximate surface area is 98.0 Å². The summed E-state index contributed by atoms with van der Waals surface area (Å²) in [7, 11) is 0. The van der Waals surface area contributed by atoms with E-state index in [2.05, 4.69) is 64.8 Å². The molecule has 0 nitrogen and oxygen atoms in total. The van der Waals surface area contributed by atoms with Crippen LogP contribution >= 0.6 is 31.9 Å². The third-order valence-electron chi connectivity index (χ3n) is 1.33. The van der Waals surface area contributed by atoms with Gasteiger partial charge >= 0.3 is 0 Å². The van der Waals surface area contributed by atoms with Gasteiger partial charge in [0.1, 0.15) is 0 Å². The standard InChI is InChI=1S/C8H8Br2.C3H8/c1-2-6-3-7(9)5-8(10)4-6;1-3-2/h3-5H,2H2,1H3;3H2,1-2H3. The van der Waals surface area contributed by atoms with E-state index in [9.17, 15) is 0 Å². The highest BCUT2D eigenvalue weighted by molar-refractivity contribution is 9.11. The molecule has 0 unspecified atom stereocenters. The molecule has 0 fully saturated rings. The lowest BCUT2D eigenvalue weighted by molar-refractivity contribution is 1.09. The van der Waals surface area contributed by atoms with Crippen LogP contribution < -0.4 is 0 Å². The third kappa shape index (κ3) is 6.28. The first-order valence-electron chi connectivity index (χ1n) is 4.58. The molecular formula is C11H16Br2. The normalized spacial score (nSPS) is 9.00. The molecule has 2 heteroatoms. The van der Waals surface area contributed by atoms with Gasteiger partial charge in [-0.05, 0) is 30.2 Å². The van der Waals surface area contributed by atoms with Gasteiger partial charge in [0.2, 0.25) is 0 Å². The van der Waals surface area contributed by atoms with Crippen LogP contribution in [0.1, 0.15) is 32.8 Å². The Morgan fingerprint density at radius 1 is 0.923 bits per heavy atom. The maximum Gasteiger partial charge on any atom is 0.0189 e. The highest BCUT2D eigenvalue weighted by Gasteiger charge is 1.93. The summed E-state index contributed by atoms with van der Waals surface area (Å²) in [6.45, 7) is 6.40. The second kappa shape index (κ2) is 7.57. The lowest BCUT2D eigenvalue weighted by atomic mass is 10.2. The molecule has 13 heavy (non-hydrogen) atoms. The Bertz CT molecular complexity index is 224. The van der Waals surface area contributed by atoms with Crippen molar-refractivity contribution in [2.24, 2.45) is 0 Å². The summed E-state index contributed by atoms with van der Waals surface area (Å²) in [6, 6.07) is 6.30. The van der Waals surface area contributed by atoms with Gasteiger partial charge < -0.3 is 0 Å². The molecule has 1 aromatic rings. The fraction of sp³-hybridized carbons (Fsp3) is 0.455. The molecule has 1 aromatic carbocycles. The number of hydrogen-bond acceptors (Lipinski definition) is 0. The molecule has 74 valence electrons. The summed E-state index contributed by atoms with van der Waals surface area (Å²) >= 11 is 6.85. The van der Waals surface area contributed by atoms with E-state index in [-0.39, 0.29) is 0 Å². The topological polar surface area (TPSA) is 0 Å². The summed E-state index contributed by atoms with van der Waals surface area (Å²) in [4.78, 5) is 0. The molecule has 0 atom stereocenters. The Balaban J connectivity index is 0.000000424. The molecule has 0 saturated heterocycles. The van der Waals surface area contributed by atoms with E-state index < -0.39 is 0 Å². The fourth-order valence-electron chi connectivity index (χ4n) is 0.815. The van der Waals surface area contributed by atoms with Crippen LogP contribution in [0.2, 0.25) is 0 Å². The van der Waals surface area contributed by atoms with E-state index in [4.69, 9.17) is 0 Å². The van der Waals surface area contributed by atoms with Crippen LogP contribution in [-0.4, -0.2) is 0 Å². The molecule has 0 aromatic heterocycles. The molecule has 0 N–H and O–H groups in total. The third-order valence-corrected chi connectivity index (χ3v) is 2.25. The van der Waals surface area contributed by atoms with Gasteiger partial charge in [-0.25, -0.2) is 0 Å². The van der Waals surface area contributed by atoms with Crippen molar-refractivity contribution in [2.75, 3.05) is 0 Å². The largest absolute Gasteiger partial charge is 0.0656 e. The summed E-state index contributed by atoms with van der Waals surface area (Å²) in [5.41, 5.74) is 1.35. The molecule has 0 aliphatic carbocycles. The molecule has 0 saturated carbocycles. The van der Waals surface area contributed by atoms with Crippen molar-refractivity contribution in [1.29, 1.82) is 0 Å².